The zero-order chi connectivity index (χ0) is 7.98. The molecular formula is C6H13F2NO. The zero-order valence-corrected chi connectivity index (χ0v) is 6.23. The van der Waals surface area contributed by atoms with Crippen molar-refractivity contribution in [2.75, 3.05) is 13.2 Å². The highest BCUT2D eigenvalue weighted by Crippen LogP contribution is 1.92. The van der Waals surface area contributed by atoms with Gasteiger partial charge in [-0.15, -0.1) is 0 Å². The Hall–Kier alpha value is -0.220. The van der Waals surface area contributed by atoms with Crippen LogP contribution in [0, 0.1) is 0 Å². The molecule has 10 heavy (non-hydrogen) atoms. The molecule has 0 fully saturated rings. The smallest absolute Gasteiger partial charge is 0.322 e. The lowest BCUT2D eigenvalue weighted by atomic mass is 10.4. The summed E-state index contributed by atoms with van der Waals surface area (Å²) in [6.45, 7) is 1.79. The Bertz CT molecular complexity index is 68.1. The zero-order valence-electron chi connectivity index (χ0n) is 6.23. The van der Waals surface area contributed by atoms with Gasteiger partial charge in [0.2, 0.25) is 0 Å². The molecule has 1 N–H and O–H groups in total. The van der Waals surface area contributed by atoms with Crippen molar-refractivity contribution in [2.45, 2.75) is 26.5 Å². The molecular weight excluding hydrogens is 140 g/mol. The summed E-state index contributed by atoms with van der Waals surface area (Å²) in [4.78, 5) is 0. The van der Waals surface area contributed by atoms with Crippen LogP contribution >= 0.6 is 0 Å². The van der Waals surface area contributed by atoms with E-state index in [1.165, 1.54) is 0 Å². The molecule has 0 aromatic heterocycles. The molecule has 0 aromatic carbocycles. The number of ether oxygens (including phenoxy) is 1. The van der Waals surface area contributed by atoms with Gasteiger partial charge in [0.1, 0.15) is 0 Å². The minimum atomic E-state index is -2.64. The van der Waals surface area contributed by atoms with E-state index in [1.54, 1.807) is 0 Å². The van der Waals surface area contributed by atoms with Gasteiger partial charge in [-0.25, -0.2) is 0 Å². The number of alkyl halides is 2. The van der Waals surface area contributed by atoms with Crippen molar-refractivity contribution < 1.29 is 13.5 Å². The van der Waals surface area contributed by atoms with Crippen LogP contribution in [0.2, 0.25) is 0 Å². The van der Waals surface area contributed by atoms with E-state index in [9.17, 15) is 8.78 Å². The van der Waals surface area contributed by atoms with Gasteiger partial charge in [-0.3, -0.25) is 0 Å². The molecule has 0 saturated carbocycles. The summed E-state index contributed by atoms with van der Waals surface area (Å²) in [6, 6.07) is 0.321. The number of rotatable bonds is 5. The molecule has 0 bridgehead atoms. The summed E-state index contributed by atoms with van der Waals surface area (Å²) in [5.74, 6) is 0. The van der Waals surface area contributed by atoms with Crippen molar-refractivity contribution in [2.24, 2.45) is 0 Å². The summed E-state index contributed by atoms with van der Waals surface area (Å²) >= 11 is 0. The summed E-state index contributed by atoms with van der Waals surface area (Å²) in [5, 5.41) is 2.94. The van der Waals surface area contributed by atoms with E-state index >= 15 is 0 Å². The molecule has 0 aliphatic carbocycles. The molecule has 4 heteroatoms. The topological polar surface area (TPSA) is 21.3 Å². The largest absolute Gasteiger partial charge is 0.345 e. The highest BCUT2D eigenvalue weighted by molar-refractivity contribution is 4.50. The van der Waals surface area contributed by atoms with Gasteiger partial charge >= 0.3 is 6.61 Å². The van der Waals surface area contributed by atoms with E-state index in [2.05, 4.69) is 10.1 Å². The molecule has 0 atom stereocenters. The van der Waals surface area contributed by atoms with Crippen molar-refractivity contribution in [3.8, 4) is 0 Å². The van der Waals surface area contributed by atoms with Gasteiger partial charge in [-0.05, 0) is 0 Å². The number of halogens is 2. The summed E-state index contributed by atoms with van der Waals surface area (Å²) in [5.41, 5.74) is 0. The second-order valence-corrected chi connectivity index (χ2v) is 2.24. The quantitative estimate of drug-likeness (QED) is 0.600. The summed E-state index contributed by atoms with van der Waals surface area (Å²) in [6.07, 6.45) is 0. The van der Waals surface area contributed by atoms with Crippen LogP contribution in [0.1, 0.15) is 13.8 Å². The lowest BCUT2D eigenvalue weighted by molar-refractivity contribution is -0.127. The predicted molar refractivity (Wildman–Crippen MR) is 35.1 cm³/mol. The van der Waals surface area contributed by atoms with E-state index in [0.29, 0.717) is 12.6 Å². The maximum atomic E-state index is 11.3. The molecule has 0 aliphatic heterocycles. The van der Waals surface area contributed by atoms with E-state index in [1.807, 2.05) is 13.8 Å². The average Bonchev–Trinajstić information content (AvgIpc) is 1.79. The molecule has 0 amide bonds. The molecule has 0 heterocycles. The van der Waals surface area contributed by atoms with Crippen LogP contribution in [0.5, 0.6) is 0 Å². The van der Waals surface area contributed by atoms with E-state index in [4.69, 9.17) is 0 Å². The molecule has 2 nitrogen and oxygen atoms in total. The van der Waals surface area contributed by atoms with Crippen molar-refractivity contribution in [3.63, 3.8) is 0 Å². The van der Waals surface area contributed by atoms with Crippen molar-refractivity contribution in [3.05, 3.63) is 0 Å². The molecule has 0 saturated heterocycles. The normalized spacial score (nSPS) is 11.4. The first-order valence-corrected chi connectivity index (χ1v) is 3.26. The second-order valence-electron chi connectivity index (χ2n) is 2.24. The van der Waals surface area contributed by atoms with E-state index in [0.717, 1.165) is 0 Å². The Labute approximate surface area is 59.6 Å². The fraction of sp³-hybridized carbons (Fsp3) is 1.00. The second kappa shape index (κ2) is 5.56. The van der Waals surface area contributed by atoms with Gasteiger partial charge in [0.25, 0.3) is 0 Å². The van der Waals surface area contributed by atoms with Crippen LogP contribution in [0.4, 0.5) is 8.78 Å². The van der Waals surface area contributed by atoms with Crippen molar-refractivity contribution in [1.29, 1.82) is 0 Å². The van der Waals surface area contributed by atoms with Gasteiger partial charge in [-0.2, -0.15) is 8.78 Å². The monoisotopic (exact) mass is 153 g/mol. The third-order valence-corrected chi connectivity index (χ3v) is 0.898. The van der Waals surface area contributed by atoms with E-state index < -0.39 is 6.61 Å². The maximum absolute atomic E-state index is 11.3. The van der Waals surface area contributed by atoms with Crippen LogP contribution in [-0.4, -0.2) is 25.8 Å². The lowest BCUT2D eigenvalue weighted by Gasteiger charge is -2.07. The number of nitrogens with one attached hydrogen (secondary N) is 1. The fourth-order valence-corrected chi connectivity index (χ4v) is 0.496. The Kier molecular flexibility index (Phi) is 5.43. The molecule has 0 unspecified atom stereocenters. The summed E-state index contributed by atoms with van der Waals surface area (Å²) < 4.78 is 26.6. The molecule has 0 aliphatic rings. The molecule has 0 spiro atoms. The molecule has 0 rings (SSSR count). The van der Waals surface area contributed by atoms with Gasteiger partial charge in [0.05, 0.1) is 6.61 Å². The minimum absolute atomic E-state index is 0.0653. The number of hydrogen-bond donors (Lipinski definition) is 1. The first-order chi connectivity index (χ1) is 4.63. The third-order valence-electron chi connectivity index (χ3n) is 0.898. The van der Waals surface area contributed by atoms with Crippen LogP contribution in [-0.2, 0) is 4.74 Å². The highest BCUT2D eigenvalue weighted by atomic mass is 19.3. The Morgan fingerprint density at radius 2 is 2.00 bits per heavy atom. The maximum Gasteiger partial charge on any atom is 0.345 e. The molecule has 0 radical (unpaired) electrons. The Balaban J connectivity index is 2.91. The lowest BCUT2D eigenvalue weighted by Crippen LogP contribution is -2.27. The SMILES string of the molecule is CC(C)NCCOC(F)F. The molecule has 62 valence electrons. The van der Waals surface area contributed by atoms with Crippen molar-refractivity contribution >= 4 is 0 Å². The van der Waals surface area contributed by atoms with E-state index in [-0.39, 0.29) is 6.61 Å². The molecule has 0 aromatic rings. The highest BCUT2D eigenvalue weighted by Gasteiger charge is 1.99. The van der Waals surface area contributed by atoms with Crippen LogP contribution < -0.4 is 5.32 Å². The average molecular weight is 153 g/mol. The van der Waals surface area contributed by atoms with Gasteiger partial charge in [0, 0.05) is 12.6 Å². The predicted octanol–water partition coefficient (Wildman–Crippen LogP) is 1.22. The Morgan fingerprint density at radius 1 is 1.40 bits per heavy atom. The van der Waals surface area contributed by atoms with Gasteiger partial charge in [0.15, 0.2) is 0 Å². The number of hydrogen-bond acceptors (Lipinski definition) is 2. The summed E-state index contributed by atoms with van der Waals surface area (Å²) in [7, 11) is 0. The van der Waals surface area contributed by atoms with Crippen molar-refractivity contribution in [1.82, 2.24) is 5.32 Å². The van der Waals surface area contributed by atoms with Gasteiger partial charge < -0.3 is 10.1 Å². The van der Waals surface area contributed by atoms with Gasteiger partial charge in [-0.1, -0.05) is 13.8 Å². The third kappa shape index (κ3) is 7.78. The minimum Gasteiger partial charge on any atom is -0.322 e. The first kappa shape index (κ1) is 9.78. The van der Waals surface area contributed by atoms with Crippen LogP contribution in [0.25, 0.3) is 0 Å². The fourth-order valence-electron chi connectivity index (χ4n) is 0.496. The van der Waals surface area contributed by atoms with Crippen LogP contribution in [0.3, 0.4) is 0 Å². The Morgan fingerprint density at radius 3 is 2.40 bits per heavy atom. The first-order valence-electron chi connectivity index (χ1n) is 3.26. The standard InChI is InChI=1S/C6H13F2NO/c1-5(2)9-3-4-10-6(7)8/h5-6,9H,3-4H2,1-2H3. The van der Waals surface area contributed by atoms with Crippen LogP contribution in [0.15, 0.2) is 0 Å².